The van der Waals surface area contributed by atoms with Gasteiger partial charge in [0.05, 0.1) is 5.54 Å². The number of benzene rings is 2. The summed E-state index contributed by atoms with van der Waals surface area (Å²) >= 11 is 0. The Morgan fingerprint density at radius 2 is 1.70 bits per heavy atom. The van der Waals surface area contributed by atoms with Crippen LogP contribution in [-0.4, -0.2) is 6.09 Å². The monoisotopic (exact) mass is 271 g/mol. The van der Waals surface area contributed by atoms with E-state index in [4.69, 9.17) is 4.74 Å². The Labute approximate surface area is 116 Å². The Morgan fingerprint density at radius 3 is 2.30 bits per heavy atom. The molecule has 1 N–H and O–H groups in total. The van der Waals surface area contributed by atoms with Gasteiger partial charge in [0.15, 0.2) is 0 Å². The zero-order valence-corrected chi connectivity index (χ0v) is 10.8. The third-order valence-electron chi connectivity index (χ3n) is 3.44. The standard InChI is InChI=1S/C16H14FNO2/c17-13-8-6-12(7-9-13)16(10-11-16)18-15(19)20-14-4-2-1-3-5-14/h1-9H,10-11H2,(H,18,19). The summed E-state index contributed by atoms with van der Waals surface area (Å²) in [5.41, 5.74) is 0.503. The summed E-state index contributed by atoms with van der Waals surface area (Å²) in [5.74, 6) is 0.219. The molecule has 0 unspecified atom stereocenters. The highest BCUT2D eigenvalue weighted by Crippen LogP contribution is 2.45. The predicted octanol–water partition coefficient (Wildman–Crippen LogP) is 3.60. The van der Waals surface area contributed by atoms with Crippen LogP contribution in [0.2, 0.25) is 0 Å². The molecule has 20 heavy (non-hydrogen) atoms. The Kier molecular flexibility index (Phi) is 3.14. The molecular formula is C16H14FNO2. The molecule has 2 aromatic carbocycles. The van der Waals surface area contributed by atoms with E-state index in [1.165, 1.54) is 12.1 Å². The summed E-state index contributed by atoms with van der Waals surface area (Å²) in [6, 6.07) is 15.1. The van der Waals surface area contributed by atoms with Gasteiger partial charge in [-0.25, -0.2) is 9.18 Å². The molecule has 2 aromatic rings. The number of carbonyl (C=O) groups is 1. The summed E-state index contributed by atoms with van der Waals surface area (Å²) in [5, 5.41) is 2.87. The number of amides is 1. The van der Waals surface area contributed by atoms with Crippen LogP contribution in [0.4, 0.5) is 9.18 Å². The van der Waals surface area contributed by atoms with Gasteiger partial charge >= 0.3 is 6.09 Å². The van der Waals surface area contributed by atoms with Gasteiger partial charge in [0.25, 0.3) is 0 Å². The highest BCUT2D eigenvalue weighted by molar-refractivity contribution is 5.72. The molecule has 0 aliphatic heterocycles. The highest BCUT2D eigenvalue weighted by atomic mass is 19.1. The number of rotatable bonds is 3. The third-order valence-corrected chi connectivity index (χ3v) is 3.44. The second kappa shape index (κ2) is 4.96. The average molecular weight is 271 g/mol. The van der Waals surface area contributed by atoms with Crippen molar-refractivity contribution in [3.63, 3.8) is 0 Å². The molecule has 102 valence electrons. The van der Waals surface area contributed by atoms with Gasteiger partial charge in [0.2, 0.25) is 0 Å². The summed E-state index contributed by atoms with van der Waals surface area (Å²) in [7, 11) is 0. The topological polar surface area (TPSA) is 38.3 Å². The molecule has 0 heterocycles. The fraction of sp³-hybridized carbons (Fsp3) is 0.188. The lowest BCUT2D eigenvalue weighted by molar-refractivity contribution is 0.194. The molecule has 0 bridgehead atoms. The first-order chi connectivity index (χ1) is 9.68. The molecule has 0 spiro atoms. The molecule has 3 nitrogen and oxygen atoms in total. The second-order valence-electron chi connectivity index (χ2n) is 4.92. The van der Waals surface area contributed by atoms with E-state index >= 15 is 0 Å². The van der Waals surface area contributed by atoms with Crippen LogP contribution in [0.5, 0.6) is 5.75 Å². The Bertz CT molecular complexity index is 606. The minimum atomic E-state index is -0.488. The number of nitrogens with one attached hydrogen (secondary N) is 1. The van der Waals surface area contributed by atoms with Crippen LogP contribution < -0.4 is 10.1 Å². The molecule has 1 aliphatic carbocycles. The van der Waals surface area contributed by atoms with E-state index in [1.54, 1.807) is 36.4 Å². The van der Waals surface area contributed by atoms with E-state index in [9.17, 15) is 9.18 Å². The Balaban J connectivity index is 1.68. The summed E-state index contributed by atoms with van der Waals surface area (Å²) < 4.78 is 18.1. The predicted molar refractivity (Wildman–Crippen MR) is 72.9 cm³/mol. The summed E-state index contributed by atoms with van der Waals surface area (Å²) in [4.78, 5) is 11.9. The van der Waals surface area contributed by atoms with E-state index in [2.05, 4.69) is 5.32 Å². The molecule has 0 atom stereocenters. The van der Waals surface area contributed by atoms with Gasteiger partial charge < -0.3 is 10.1 Å². The van der Waals surface area contributed by atoms with E-state index < -0.39 is 11.6 Å². The smallest absolute Gasteiger partial charge is 0.410 e. The lowest BCUT2D eigenvalue weighted by Crippen LogP contribution is -2.36. The van der Waals surface area contributed by atoms with Crippen molar-refractivity contribution in [2.24, 2.45) is 0 Å². The maximum absolute atomic E-state index is 12.9. The fourth-order valence-electron chi connectivity index (χ4n) is 2.20. The van der Waals surface area contributed by atoms with Crippen LogP contribution >= 0.6 is 0 Å². The van der Waals surface area contributed by atoms with Crippen molar-refractivity contribution >= 4 is 6.09 Å². The minimum absolute atomic E-state index is 0.281. The number of para-hydroxylation sites is 1. The lowest BCUT2D eigenvalue weighted by Gasteiger charge is -2.17. The molecule has 1 saturated carbocycles. The zero-order valence-electron chi connectivity index (χ0n) is 10.8. The van der Waals surface area contributed by atoms with E-state index in [0.717, 1.165) is 18.4 Å². The number of hydrogen-bond acceptors (Lipinski definition) is 2. The lowest BCUT2D eigenvalue weighted by atomic mass is 10.1. The van der Waals surface area contributed by atoms with Crippen LogP contribution in [0.3, 0.4) is 0 Å². The van der Waals surface area contributed by atoms with Crippen LogP contribution in [-0.2, 0) is 5.54 Å². The van der Waals surface area contributed by atoms with Crippen LogP contribution in [0, 0.1) is 5.82 Å². The van der Waals surface area contributed by atoms with Crippen molar-refractivity contribution < 1.29 is 13.9 Å². The van der Waals surface area contributed by atoms with Crippen molar-refractivity contribution in [1.82, 2.24) is 5.32 Å². The maximum atomic E-state index is 12.9. The van der Waals surface area contributed by atoms with Crippen molar-refractivity contribution in [3.05, 3.63) is 66.0 Å². The zero-order chi connectivity index (χ0) is 14.0. The first kappa shape index (κ1) is 12.7. The normalized spacial score (nSPS) is 15.4. The number of ether oxygens (including phenoxy) is 1. The molecule has 0 radical (unpaired) electrons. The summed E-state index contributed by atoms with van der Waals surface area (Å²) in [6.45, 7) is 0. The molecule has 3 rings (SSSR count). The SMILES string of the molecule is O=C(NC1(c2ccc(F)cc2)CC1)Oc1ccccc1. The molecule has 4 heteroatoms. The fourth-order valence-corrected chi connectivity index (χ4v) is 2.20. The number of hydrogen-bond donors (Lipinski definition) is 1. The number of carbonyl (C=O) groups excluding carboxylic acids is 1. The minimum Gasteiger partial charge on any atom is -0.410 e. The van der Waals surface area contributed by atoms with Gasteiger partial charge in [0, 0.05) is 0 Å². The van der Waals surface area contributed by atoms with Crippen LogP contribution in [0.25, 0.3) is 0 Å². The first-order valence-electron chi connectivity index (χ1n) is 6.49. The number of halogens is 1. The average Bonchev–Trinajstić information content (AvgIpc) is 3.21. The van der Waals surface area contributed by atoms with Crippen molar-refractivity contribution in [3.8, 4) is 5.75 Å². The van der Waals surface area contributed by atoms with Crippen LogP contribution in [0.1, 0.15) is 18.4 Å². The van der Waals surface area contributed by atoms with E-state index in [1.807, 2.05) is 6.07 Å². The van der Waals surface area contributed by atoms with E-state index in [-0.39, 0.29) is 5.82 Å². The Morgan fingerprint density at radius 1 is 1.05 bits per heavy atom. The Hall–Kier alpha value is -2.36. The first-order valence-corrected chi connectivity index (χ1v) is 6.49. The third kappa shape index (κ3) is 2.64. The molecule has 1 aliphatic rings. The van der Waals surface area contributed by atoms with Gasteiger partial charge in [-0.15, -0.1) is 0 Å². The molecule has 0 aromatic heterocycles. The molecule has 0 saturated heterocycles. The second-order valence-corrected chi connectivity index (χ2v) is 4.92. The maximum Gasteiger partial charge on any atom is 0.413 e. The quantitative estimate of drug-likeness (QED) is 0.926. The summed E-state index contributed by atoms with van der Waals surface area (Å²) in [6.07, 6.45) is 1.18. The highest BCUT2D eigenvalue weighted by Gasteiger charge is 2.46. The van der Waals surface area contributed by atoms with Gasteiger partial charge in [-0.3, -0.25) is 0 Å². The van der Waals surface area contributed by atoms with Gasteiger partial charge in [-0.2, -0.15) is 0 Å². The van der Waals surface area contributed by atoms with Crippen molar-refractivity contribution in [2.45, 2.75) is 18.4 Å². The van der Waals surface area contributed by atoms with Gasteiger partial charge in [0.1, 0.15) is 11.6 Å². The van der Waals surface area contributed by atoms with E-state index in [0.29, 0.717) is 5.75 Å². The van der Waals surface area contributed by atoms with Crippen molar-refractivity contribution in [1.29, 1.82) is 0 Å². The van der Waals surface area contributed by atoms with Crippen LogP contribution in [0.15, 0.2) is 54.6 Å². The largest absolute Gasteiger partial charge is 0.413 e. The molecule has 1 fully saturated rings. The van der Waals surface area contributed by atoms with Crippen molar-refractivity contribution in [2.75, 3.05) is 0 Å². The molecular weight excluding hydrogens is 257 g/mol. The van der Waals surface area contributed by atoms with Gasteiger partial charge in [-0.05, 0) is 42.7 Å². The molecule has 1 amide bonds. The van der Waals surface area contributed by atoms with Gasteiger partial charge in [-0.1, -0.05) is 30.3 Å².